The molecule has 6 N–H and O–H groups in total. The van der Waals surface area contributed by atoms with Crippen molar-refractivity contribution in [2.45, 2.75) is 44.2 Å². The minimum atomic E-state index is -0.230. The fourth-order valence-corrected chi connectivity index (χ4v) is 2.34. The second-order valence-electron chi connectivity index (χ2n) is 5.40. The maximum atomic E-state index is 11.9. The third kappa shape index (κ3) is 4.45. The molecular weight excluding hydrogens is 256 g/mol. The van der Waals surface area contributed by atoms with Gasteiger partial charge in [0.05, 0.1) is 5.70 Å². The number of hydrogen-bond acceptors (Lipinski definition) is 5. The van der Waals surface area contributed by atoms with Crippen LogP contribution in [0.2, 0.25) is 0 Å². The molecule has 1 aliphatic carbocycles. The highest BCUT2D eigenvalue weighted by Crippen LogP contribution is 2.17. The predicted molar refractivity (Wildman–Crippen MR) is 77.3 cm³/mol. The molecule has 0 aromatic rings. The lowest BCUT2D eigenvalue weighted by atomic mass is 9.95. The molecule has 0 spiro atoms. The second kappa shape index (κ2) is 7.19. The molecule has 1 heterocycles. The summed E-state index contributed by atoms with van der Waals surface area (Å²) in [5, 5.41) is 6.04. The molecule has 0 aromatic heterocycles. The molecule has 6 heteroatoms. The summed E-state index contributed by atoms with van der Waals surface area (Å²) < 4.78 is 5.41. The summed E-state index contributed by atoms with van der Waals surface area (Å²) >= 11 is 0. The molecule has 1 saturated heterocycles. The lowest BCUT2D eigenvalue weighted by Gasteiger charge is -2.27. The topological polar surface area (TPSA) is 102 Å². The van der Waals surface area contributed by atoms with E-state index in [0.717, 1.165) is 25.9 Å². The normalized spacial score (nSPS) is 22.2. The van der Waals surface area contributed by atoms with Crippen LogP contribution in [0.3, 0.4) is 0 Å². The van der Waals surface area contributed by atoms with Crippen LogP contribution in [-0.4, -0.2) is 31.1 Å². The van der Waals surface area contributed by atoms with E-state index in [1.807, 2.05) is 0 Å². The minimum absolute atomic E-state index is 0.122. The summed E-state index contributed by atoms with van der Waals surface area (Å²) in [6, 6.07) is 0.252. The number of ether oxygens (including phenoxy) is 1. The molecule has 0 unspecified atom stereocenters. The Morgan fingerprint density at radius 2 is 1.85 bits per heavy atom. The van der Waals surface area contributed by atoms with Crippen molar-refractivity contribution in [1.29, 1.82) is 0 Å². The standard InChI is InChI=1S/C14H24N4O2/c15-12(6-7-13(16)20-11-8-17-9-11)14(19)18-10-4-2-1-3-5-10/h6-7,10-11,17H,1-5,8-9,15-16H2,(H,18,19)/b12-6-,13-7+. The van der Waals surface area contributed by atoms with Gasteiger partial charge in [0, 0.05) is 19.1 Å². The summed E-state index contributed by atoms with van der Waals surface area (Å²) in [7, 11) is 0. The molecular formula is C14H24N4O2. The molecule has 0 atom stereocenters. The Balaban J connectivity index is 1.78. The molecule has 0 radical (unpaired) electrons. The first kappa shape index (κ1) is 14.7. The number of nitrogens with one attached hydrogen (secondary N) is 2. The summed E-state index contributed by atoms with van der Waals surface area (Å²) in [4.78, 5) is 11.9. The first-order valence-corrected chi connectivity index (χ1v) is 7.26. The van der Waals surface area contributed by atoms with Gasteiger partial charge < -0.3 is 26.8 Å². The Bertz CT molecular complexity index is 396. The number of carbonyl (C=O) groups is 1. The lowest BCUT2D eigenvalue weighted by Crippen LogP contribution is -2.48. The summed E-state index contributed by atoms with van der Waals surface area (Å²) in [6.07, 6.45) is 8.83. The molecule has 0 bridgehead atoms. The van der Waals surface area contributed by atoms with Crippen molar-refractivity contribution in [3.8, 4) is 0 Å². The van der Waals surface area contributed by atoms with Crippen molar-refractivity contribution in [2.75, 3.05) is 13.1 Å². The smallest absolute Gasteiger partial charge is 0.267 e. The molecule has 0 aromatic carbocycles. The molecule has 2 fully saturated rings. The molecule has 1 amide bonds. The van der Waals surface area contributed by atoms with Crippen LogP contribution in [0.1, 0.15) is 32.1 Å². The van der Waals surface area contributed by atoms with Crippen LogP contribution in [0.25, 0.3) is 0 Å². The molecule has 1 aliphatic heterocycles. The molecule has 1 saturated carbocycles. The molecule has 6 nitrogen and oxygen atoms in total. The Hall–Kier alpha value is -1.69. The van der Waals surface area contributed by atoms with E-state index < -0.39 is 0 Å². The van der Waals surface area contributed by atoms with Gasteiger partial charge in [-0.05, 0) is 25.0 Å². The molecule has 2 rings (SSSR count). The zero-order chi connectivity index (χ0) is 14.4. The second-order valence-corrected chi connectivity index (χ2v) is 5.40. The number of carbonyl (C=O) groups excluding carboxylic acids is 1. The highest BCUT2D eigenvalue weighted by atomic mass is 16.5. The Kier molecular flexibility index (Phi) is 5.29. The number of nitrogens with two attached hydrogens (primary N) is 2. The molecule has 112 valence electrons. The van der Waals surface area contributed by atoms with Gasteiger partial charge in [-0.1, -0.05) is 19.3 Å². The first-order valence-electron chi connectivity index (χ1n) is 7.26. The number of hydrogen-bond donors (Lipinski definition) is 4. The average molecular weight is 280 g/mol. The van der Waals surface area contributed by atoms with Crippen LogP contribution in [-0.2, 0) is 9.53 Å². The molecule has 20 heavy (non-hydrogen) atoms. The summed E-state index contributed by atoms with van der Waals surface area (Å²) in [5.74, 6) is 0.0520. The average Bonchev–Trinajstić information content (AvgIpc) is 2.41. The SMILES string of the molecule is N/C(=C\C=C(/N)OC1CNC1)C(=O)NC1CCCCC1. The van der Waals surface area contributed by atoms with E-state index in [2.05, 4.69) is 10.6 Å². The van der Waals surface area contributed by atoms with Crippen molar-refractivity contribution in [1.82, 2.24) is 10.6 Å². The van der Waals surface area contributed by atoms with E-state index in [4.69, 9.17) is 16.2 Å². The van der Waals surface area contributed by atoms with Crippen LogP contribution < -0.4 is 22.1 Å². The fraction of sp³-hybridized carbons (Fsp3) is 0.643. The van der Waals surface area contributed by atoms with Crippen LogP contribution in [0, 0.1) is 0 Å². The van der Waals surface area contributed by atoms with Gasteiger partial charge in [-0.25, -0.2) is 0 Å². The quantitative estimate of drug-likeness (QED) is 0.324. The fourth-order valence-electron chi connectivity index (χ4n) is 2.34. The van der Waals surface area contributed by atoms with Crippen LogP contribution in [0.4, 0.5) is 0 Å². The van der Waals surface area contributed by atoms with E-state index in [1.165, 1.54) is 31.4 Å². The van der Waals surface area contributed by atoms with Gasteiger partial charge in [0.1, 0.15) is 6.10 Å². The maximum absolute atomic E-state index is 11.9. The number of amides is 1. The minimum Gasteiger partial charge on any atom is -0.473 e. The monoisotopic (exact) mass is 280 g/mol. The molecule has 2 aliphatic rings. The predicted octanol–water partition coefficient (Wildman–Crippen LogP) is 0.0664. The van der Waals surface area contributed by atoms with Crippen LogP contribution in [0.5, 0.6) is 0 Å². The Morgan fingerprint density at radius 3 is 2.45 bits per heavy atom. The first-order chi connectivity index (χ1) is 9.65. The highest BCUT2D eigenvalue weighted by molar-refractivity contribution is 5.92. The number of rotatable bonds is 5. The van der Waals surface area contributed by atoms with Crippen molar-refractivity contribution in [3.05, 3.63) is 23.7 Å². The Labute approximate surface area is 119 Å². The van der Waals surface area contributed by atoms with E-state index in [1.54, 1.807) is 0 Å². The van der Waals surface area contributed by atoms with Gasteiger partial charge in [-0.2, -0.15) is 0 Å². The summed E-state index contributed by atoms with van der Waals surface area (Å²) in [5.41, 5.74) is 11.6. The third-order valence-electron chi connectivity index (χ3n) is 3.68. The largest absolute Gasteiger partial charge is 0.473 e. The van der Waals surface area contributed by atoms with Gasteiger partial charge in [-0.3, -0.25) is 4.79 Å². The van der Waals surface area contributed by atoms with Gasteiger partial charge in [0.2, 0.25) is 0 Å². The maximum Gasteiger partial charge on any atom is 0.267 e. The van der Waals surface area contributed by atoms with Crippen LogP contribution >= 0.6 is 0 Å². The van der Waals surface area contributed by atoms with Gasteiger partial charge in [0.15, 0.2) is 5.88 Å². The number of allylic oxidation sites excluding steroid dienone is 2. The van der Waals surface area contributed by atoms with Crippen molar-refractivity contribution < 1.29 is 9.53 Å². The van der Waals surface area contributed by atoms with Gasteiger partial charge in [0.25, 0.3) is 5.91 Å². The van der Waals surface area contributed by atoms with Crippen LogP contribution in [0.15, 0.2) is 23.7 Å². The van der Waals surface area contributed by atoms with Crippen molar-refractivity contribution in [3.63, 3.8) is 0 Å². The van der Waals surface area contributed by atoms with E-state index in [-0.39, 0.29) is 29.6 Å². The summed E-state index contributed by atoms with van der Waals surface area (Å²) in [6.45, 7) is 1.60. The van der Waals surface area contributed by atoms with E-state index >= 15 is 0 Å². The van der Waals surface area contributed by atoms with Gasteiger partial charge >= 0.3 is 0 Å². The lowest BCUT2D eigenvalue weighted by molar-refractivity contribution is -0.118. The zero-order valence-corrected chi connectivity index (χ0v) is 11.7. The van der Waals surface area contributed by atoms with Gasteiger partial charge in [-0.15, -0.1) is 0 Å². The van der Waals surface area contributed by atoms with Crippen molar-refractivity contribution >= 4 is 5.91 Å². The highest BCUT2D eigenvalue weighted by Gasteiger charge is 2.18. The van der Waals surface area contributed by atoms with Crippen molar-refractivity contribution in [2.24, 2.45) is 11.5 Å². The van der Waals surface area contributed by atoms with E-state index in [0.29, 0.717) is 0 Å². The van der Waals surface area contributed by atoms with E-state index in [9.17, 15) is 4.79 Å². The zero-order valence-electron chi connectivity index (χ0n) is 11.7. The Morgan fingerprint density at radius 1 is 1.15 bits per heavy atom. The third-order valence-corrected chi connectivity index (χ3v) is 3.68.